The molecular weight excluding hydrogens is 1480 g/mol. The number of ether oxygens (including phenoxy) is 1. The van der Waals surface area contributed by atoms with Crippen LogP contribution in [-0.4, -0.2) is 168 Å². The second-order valence-electron chi connectivity index (χ2n) is 29.4. The van der Waals surface area contributed by atoms with E-state index in [1.807, 2.05) is 44.2 Å². The maximum Gasteiger partial charge on any atom is 0.153 e. The van der Waals surface area contributed by atoms with E-state index in [2.05, 4.69) is 212 Å². The van der Waals surface area contributed by atoms with Gasteiger partial charge in [-0.3, -0.25) is 30.2 Å². The number of H-pyrrole nitrogens is 4. The van der Waals surface area contributed by atoms with Gasteiger partial charge in [0.05, 0.1) is 36.4 Å². The highest BCUT2D eigenvalue weighted by atomic mass is 35.5. The standard InChI is InChI=1S/C23H30N8.C22H27N7O.2C18H18ClFN6/c1-30-9-11-31(12-10-30)15-20(17-5-3-2-4-6-17)26-21-14-22(25-16-24-21)27-23-13-19(28-29-23)18-7-8-18;1-2-4-16(5-3-1)19(14-29-8-10-30-11-9-29)25-20-13-21(24-15-23-20)26-22-12-18(27-28-22)17-6-7-17;1-10(13-5-4-12(20)6-14(13)19)23-16-8-17(22-9-21-16)24-18-7-15(25-26-18)11-2-3-11;1-10(12-4-5-14(20)13(19)6-12)23-16-8-17(22-9-21-16)24-18-7-15(25-26-18)11-2-3-11/h2-6,13-14,16,18,20H,7-12,15H2,1H3,(H3,24,25,26,27,28,29);1-5,12-13,15,17,19H,6-11,14H2,(H3,23,24,25,26,27,28);2*4-11H,2-3H2,1H3,(H3,21,22,23,24,25,26). The van der Waals surface area contributed by atoms with Crippen molar-refractivity contribution in [1.29, 1.82) is 0 Å². The molecule has 586 valence electrons. The molecule has 0 bridgehead atoms. The van der Waals surface area contributed by atoms with Crippen LogP contribution in [-0.2, 0) is 4.74 Å². The molecule has 4 unspecified atom stereocenters. The normalized spacial score (nSPS) is 16.8. The van der Waals surface area contributed by atoms with Gasteiger partial charge in [-0.25, -0.2) is 48.7 Å². The predicted molar refractivity (Wildman–Crippen MR) is 437 cm³/mol. The highest BCUT2D eigenvalue weighted by Gasteiger charge is 2.30. The third-order valence-electron chi connectivity index (χ3n) is 20.4. The SMILES string of the molecule is CC(Nc1cc(Nc2cc(C3CC3)[nH]n2)ncn1)c1ccc(F)c(Cl)c1.CC(Nc1cc(Nc2cc(C3CC3)[nH]n2)ncn1)c1ccc(F)cc1Cl.CN1CCN(CC(Nc2cc(Nc3cc(C4CC4)[nH]n3)ncn2)c2ccccc2)CC1.c1ccc(C(CN2CCOCC2)Nc2cc(Nc3cc(C4CC4)[nH]n3)ncn2)cc1. The predicted octanol–water partition coefficient (Wildman–Crippen LogP) is 16.1. The summed E-state index contributed by atoms with van der Waals surface area (Å²) in [4.78, 5) is 41.9. The van der Waals surface area contributed by atoms with Crippen LogP contribution in [0.15, 0.2) is 171 Å². The average molecular weight is 1570 g/mol. The Balaban J connectivity index is 0.000000119. The minimum atomic E-state index is -0.430. The van der Waals surface area contributed by atoms with Gasteiger partial charge in [0.1, 0.15) is 83.5 Å². The Morgan fingerprint density at radius 1 is 0.389 bits per heavy atom. The van der Waals surface area contributed by atoms with E-state index in [0.29, 0.717) is 52.0 Å². The van der Waals surface area contributed by atoms with Gasteiger partial charge in [-0.05, 0) is 119 Å². The lowest BCUT2D eigenvalue weighted by Gasteiger charge is -2.35. The Kier molecular flexibility index (Phi) is 25.2. The molecule has 6 aliphatic rings. The fourth-order valence-corrected chi connectivity index (χ4v) is 13.8. The largest absolute Gasteiger partial charge is 0.379 e. The molecule has 4 saturated carbocycles. The molecule has 0 amide bonds. The van der Waals surface area contributed by atoms with Gasteiger partial charge >= 0.3 is 0 Å². The van der Waals surface area contributed by atoms with E-state index in [-0.39, 0.29) is 35.0 Å². The molecule has 18 rings (SSSR count). The lowest BCUT2D eigenvalue weighted by Crippen LogP contribution is -2.46. The molecule has 4 aliphatic carbocycles. The summed E-state index contributed by atoms with van der Waals surface area (Å²) in [7, 11) is 2.19. The minimum Gasteiger partial charge on any atom is -0.379 e. The number of hydrogen-bond acceptors (Lipinski definition) is 24. The van der Waals surface area contributed by atoms with Crippen molar-refractivity contribution in [2.24, 2.45) is 0 Å². The number of aromatic nitrogens is 16. The molecular formula is C81H93Cl2F2N27O. The summed E-state index contributed by atoms with van der Waals surface area (Å²) in [5, 5.41) is 56.7. The Morgan fingerprint density at radius 2 is 0.761 bits per heavy atom. The van der Waals surface area contributed by atoms with E-state index in [1.54, 1.807) is 43.0 Å². The van der Waals surface area contributed by atoms with Gasteiger partial charge in [-0.2, -0.15) is 20.4 Å². The van der Waals surface area contributed by atoms with E-state index in [1.165, 1.54) is 105 Å². The zero-order valence-electron chi connectivity index (χ0n) is 63.1. The molecule has 113 heavy (non-hydrogen) atoms. The number of hydrogen-bond donors (Lipinski definition) is 12. The first-order chi connectivity index (χ1) is 55.2. The van der Waals surface area contributed by atoms with E-state index in [9.17, 15) is 8.78 Å². The maximum absolute atomic E-state index is 13.3. The quantitative estimate of drug-likeness (QED) is 0.0217. The first-order valence-corrected chi connectivity index (χ1v) is 39.3. The van der Waals surface area contributed by atoms with E-state index >= 15 is 0 Å². The lowest BCUT2D eigenvalue weighted by atomic mass is 10.1. The van der Waals surface area contributed by atoms with Gasteiger partial charge in [0.2, 0.25) is 0 Å². The molecule has 12 N–H and O–H groups in total. The Bertz CT molecular complexity index is 5020. The van der Waals surface area contributed by atoms with Crippen molar-refractivity contribution in [1.82, 2.24) is 95.4 Å². The highest BCUT2D eigenvalue weighted by molar-refractivity contribution is 6.31. The zero-order valence-corrected chi connectivity index (χ0v) is 64.7. The Labute approximate surface area is 664 Å². The summed E-state index contributed by atoms with van der Waals surface area (Å²) in [6.45, 7) is 13.6. The molecule has 2 saturated heterocycles. The summed E-state index contributed by atoms with van der Waals surface area (Å²) in [5.74, 6) is 10.4. The molecule has 10 heterocycles. The van der Waals surface area contributed by atoms with Crippen LogP contribution in [0.25, 0.3) is 0 Å². The third-order valence-corrected chi connectivity index (χ3v) is 21.0. The molecule has 4 atom stereocenters. The molecule has 8 aromatic heterocycles. The molecule has 0 radical (unpaired) electrons. The zero-order chi connectivity index (χ0) is 77.4. The van der Waals surface area contributed by atoms with Crippen molar-refractivity contribution in [3.8, 4) is 0 Å². The molecule has 32 heteroatoms. The Morgan fingerprint density at radius 3 is 1.14 bits per heavy atom. The maximum atomic E-state index is 13.3. The molecule has 0 spiro atoms. The van der Waals surface area contributed by atoms with Crippen LogP contribution < -0.4 is 42.5 Å². The highest BCUT2D eigenvalue weighted by Crippen LogP contribution is 2.43. The summed E-state index contributed by atoms with van der Waals surface area (Å²) >= 11 is 12.0. The van der Waals surface area contributed by atoms with Gasteiger partial charge < -0.3 is 52.2 Å². The van der Waals surface area contributed by atoms with Crippen molar-refractivity contribution in [3.63, 3.8) is 0 Å². The lowest BCUT2D eigenvalue weighted by molar-refractivity contribution is 0.0360. The molecule has 12 aromatic rings. The monoisotopic (exact) mass is 1570 g/mol. The molecule has 4 aromatic carbocycles. The molecule has 28 nitrogen and oxygen atoms in total. The first-order valence-electron chi connectivity index (χ1n) is 38.6. The number of anilines is 12. The molecule has 6 fully saturated rings. The number of piperazine rings is 1. The van der Waals surface area contributed by atoms with Crippen molar-refractivity contribution < 1.29 is 13.5 Å². The smallest absolute Gasteiger partial charge is 0.153 e. The van der Waals surface area contributed by atoms with Crippen LogP contribution in [0, 0.1) is 11.6 Å². The third kappa shape index (κ3) is 22.5. The van der Waals surface area contributed by atoms with Crippen LogP contribution in [0.5, 0.6) is 0 Å². The van der Waals surface area contributed by atoms with Crippen molar-refractivity contribution >= 4 is 93.0 Å². The van der Waals surface area contributed by atoms with E-state index in [0.717, 1.165) is 135 Å². The summed E-state index contributed by atoms with van der Waals surface area (Å²) < 4.78 is 32.0. The number of nitrogens with zero attached hydrogens (tertiary/aromatic N) is 15. The van der Waals surface area contributed by atoms with Crippen molar-refractivity contribution in [2.75, 3.05) is 115 Å². The number of morpholine rings is 1. The molecule has 2 aliphatic heterocycles. The average Bonchev–Trinajstić information content (AvgIpc) is 1.70. The van der Waals surface area contributed by atoms with Crippen LogP contribution in [0.1, 0.15) is 158 Å². The van der Waals surface area contributed by atoms with Gasteiger partial charge in [0, 0.05) is 158 Å². The first kappa shape index (κ1) is 77.1. The fraction of sp³-hybridized carbons (Fsp3) is 0.358. The number of nitrogens with one attached hydrogen (secondary N) is 12. The van der Waals surface area contributed by atoms with Crippen LogP contribution in [0.3, 0.4) is 0 Å². The van der Waals surface area contributed by atoms with Gasteiger partial charge in [-0.15, -0.1) is 0 Å². The minimum absolute atomic E-state index is 0.0947. The second-order valence-corrected chi connectivity index (χ2v) is 30.2. The number of aromatic amines is 4. The van der Waals surface area contributed by atoms with Gasteiger partial charge in [-0.1, -0.05) is 96.0 Å². The number of likely N-dealkylation sites (N-methyl/N-ethyl adjacent to an activating group) is 1. The van der Waals surface area contributed by atoms with E-state index in [4.69, 9.17) is 27.9 Å². The Hall–Kier alpha value is -11.3. The van der Waals surface area contributed by atoms with E-state index < -0.39 is 5.82 Å². The topological polar surface area (TPSA) is 333 Å². The number of rotatable bonds is 28. The summed E-state index contributed by atoms with van der Waals surface area (Å²) in [6, 6.07) is 45.8. The van der Waals surface area contributed by atoms with Crippen LogP contribution >= 0.6 is 23.2 Å². The van der Waals surface area contributed by atoms with Gasteiger partial charge in [0.15, 0.2) is 23.3 Å². The second kappa shape index (κ2) is 36.9. The summed E-state index contributed by atoms with van der Waals surface area (Å²) in [5.41, 5.74) is 8.86. The summed E-state index contributed by atoms with van der Waals surface area (Å²) in [6.07, 6.45) is 16.0. The fourth-order valence-electron chi connectivity index (χ4n) is 13.3. The van der Waals surface area contributed by atoms with Crippen LogP contribution in [0.4, 0.5) is 78.6 Å². The number of benzene rings is 4. The van der Waals surface area contributed by atoms with Crippen molar-refractivity contribution in [3.05, 3.63) is 238 Å². The van der Waals surface area contributed by atoms with Gasteiger partial charge in [0.25, 0.3) is 0 Å². The van der Waals surface area contributed by atoms with Crippen LogP contribution in [0.2, 0.25) is 10.0 Å². The van der Waals surface area contributed by atoms with Crippen molar-refractivity contribution in [2.45, 2.75) is 113 Å². The number of halogens is 4.